The Hall–Kier alpha value is -1.85. The molecule has 1 aromatic heterocycles. The largest absolute Gasteiger partial charge is 0.624 e. The van der Waals surface area contributed by atoms with Crippen LogP contribution in [-0.4, -0.2) is 22.4 Å². The number of unbranched alkanes of at least 4 members (excludes halogenated alkanes) is 4. The number of hydrogen-bond acceptors (Lipinski definition) is 4. The van der Waals surface area contributed by atoms with Crippen LogP contribution in [-0.2, 0) is 0 Å². The first kappa shape index (κ1) is 14.2. The summed E-state index contributed by atoms with van der Waals surface area (Å²) in [7, 11) is 0. The fourth-order valence-corrected chi connectivity index (χ4v) is 1.59. The molecule has 1 aromatic rings. The molecule has 0 spiro atoms. The Morgan fingerprint density at radius 1 is 1.22 bits per heavy atom. The van der Waals surface area contributed by atoms with Gasteiger partial charge in [-0.2, -0.15) is 0 Å². The van der Waals surface area contributed by atoms with Crippen LogP contribution < -0.4 is 0 Å². The van der Waals surface area contributed by atoms with Crippen LogP contribution in [0.25, 0.3) is 0 Å². The van der Waals surface area contributed by atoms with Gasteiger partial charge in [-0.1, -0.05) is 26.2 Å². The van der Waals surface area contributed by atoms with Gasteiger partial charge in [0.25, 0.3) is 0 Å². The highest BCUT2D eigenvalue weighted by molar-refractivity contribution is 5.71. The molecular formula is C12H18N2O4. The van der Waals surface area contributed by atoms with Crippen LogP contribution in [0.3, 0.4) is 0 Å². The van der Waals surface area contributed by atoms with Crippen LogP contribution in [0.4, 0.5) is 5.88 Å². The van der Waals surface area contributed by atoms with Crippen molar-refractivity contribution in [1.82, 2.24) is 0 Å². The Kier molecular flexibility index (Phi) is 5.90. The first-order valence-corrected chi connectivity index (χ1v) is 6.16. The lowest BCUT2D eigenvalue weighted by molar-refractivity contribution is -0.453. The maximum absolute atomic E-state index is 11.5. The molecule has 0 saturated heterocycles. The van der Waals surface area contributed by atoms with Gasteiger partial charge in [0, 0.05) is 6.42 Å². The van der Waals surface area contributed by atoms with Gasteiger partial charge in [0.05, 0.1) is 6.07 Å². The second-order valence-corrected chi connectivity index (χ2v) is 4.12. The van der Waals surface area contributed by atoms with Crippen LogP contribution in [0.2, 0.25) is 0 Å². The number of nitro groups is 1. The Morgan fingerprint density at radius 3 is 2.56 bits per heavy atom. The van der Waals surface area contributed by atoms with Gasteiger partial charge in [-0.15, -0.1) is 0 Å². The minimum atomic E-state index is -0.628. The first-order chi connectivity index (χ1) is 8.63. The van der Waals surface area contributed by atoms with Crippen molar-refractivity contribution in [3.05, 3.63) is 33.2 Å². The Bertz CT molecular complexity index is 412. The summed E-state index contributed by atoms with van der Waals surface area (Å²) in [5.41, 5.74) is 0. The lowest BCUT2D eigenvalue weighted by atomic mass is 10.1. The molecule has 1 heterocycles. The van der Waals surface area contributed by atoms with Gasteiger partial charge >= 0.3 is 5.88 Å². The minimum Gasteiger partial charge on any atom is -0.624 e. The second-order valence-electron chi connectivity index (χ2n) is 4.12. The van der Waals surface area contributed by atoms with E-state index in [0.717, 1.165) is 24.0 Å². The van der Waals surface area contributed by atoms with E-state index in [1.807, 2.05) is 0 Å². The lowest BCUT2D eigenvalue weighted by Gasteiger charge is -2.02. The van der Waals surface area contributed by atoms with E-state index in [-0.39, 0.29) is 11.6 Å². The first-order valence-electron chi connectivity index (χ1n) is 6.16. The average Bonchev–Trinajstić information content (AvgIpc) is 2.77. The van der Waals surface area contributed by atoms with Crippen LogP contribution >= 0.6 is 0 Å². The molecule has 0 unspecified atom stereocenters. The molecule has 6 nitrogen and oxygen atoms in total. The summed E-state index contributed by atoms with van der Waals surface area (Å²) < 4.78 is 5.62. The molecular weight excluding hydrogens is 236 g/mol. The molecule has 0 N–H and O–H groups in total. The van der Waals surface area contributed by atoms with E-state index in [9.17, 15) is 15.3 Å². The average molecular weight is 254 g/mol. The summed E-state index contributed by atoms with van der Waals surface area (Å²) in [6.07, 6.45) is 6.58. The summed E-state index contributed by atoms with van der Waals surface area (Å²) in [5, 5.41) is 21.8. The van der Waals surface area contributed by atoms with Crippen molar-refractivity contribution in [2.24, 2.45) is 0 Å². The van der Waals surface area contributed by atoms with Crippen molar-refractivity contribution in [3.8, 4) is 0 Å². The van der Waals surface area contributed by atoms with Crippen LogP contribution in [0.1, 0.15) is 44.8 Å². The van der Waals surface area contributed by atoms with Crippen molar-refractivity contribution in [3.63, 3.8) is 0 Å². The van der Waals surface area contributed by atoms with Gasteiger partial charge in [0.2, 0.25) is 6.21 Å². The third-order valence-corrected chi connectivity index (χ3v) is 2.55. The summed E-state index contributed by atoms with van der Waals surface area (Å²) in [5.74, 6) is -0.136. The molecule has 0 aliphatic heterocycles. The van der Waals surface area contributed by atoms with E-state index >= 15 is 0 Å². The molecule has 0 saturated carbocycles. The molecule has 0 amide bonds. The van der Waals surface area contributed by atoms with Gasteiger partial charge in [-0.25, -0.2) is 4.74 Å². The minimum absolute atomic E-state index is 0.213. The highest BCUT2D eigenvalue weighted by Gasteiger charge is 2.12. The highest BCUT2D eigenvalue weighted by atomic mass is 16.6. The second kappa shape index (κ2) is 7.47. The highest BCUT2D eigenvalue weighted by Crippen LogP contribution is 2.13. The summed E-state index contributed by atoms with van der Waals surface area (Å²) in [4.78, 5) is 9.75. The molecule has 0 aliphatic carbocycles. The zero-order valence-electron chi connectivity index (χ0n) is 10.5. The van der Waals surface area contributed by atoms with Crippen LogP contribution in [0, 0.1) is 15.3 Å². The number of nitrogens with zero attached hydrogens (tertiary/aromatic N) is 2. The van der Waals surface area contributed by atoms with Crippen LogP contribution in [0.15, 0.2) is 16.5 Å². The molecule has 0 aliphatic rings. The smallest absolute Gasteiger partial charge is 0.433 e. The summed E-state index contributed by atoms with van der Waals surface area (Å²) in [6.45, 7) is 2.52. The van der Waals surface area contributed by atoms with E-state index in [2.05, 4.69) is 6.92 Å². The van der Waals surface area contributed by atoms with Crippen molar-refractivity contribution in [1.29, 1.82) is 0 Å². The van der Waals surface area contributed by atoms with E-state index in [4.69, 9.17) is 4.42 Å². The molecule has 6 heteroatoms. The topological polar surface area (TPSA) is 82.3 Å². The van der Waals surface area contributed by atoms with Gasteiger partial charge in [-0.05, 0) is 12.5 Å². The molecule has 1 rings (SSSR count). The van der Waals surface area contributed by atoms with Crippen LogP contribution in [0.5, 0.6) is 0 Å². The van der Waals surface area contributed by atoms with Crippen molar-refractivity contribution in [2.75, 3.05) is 6.54 Å². The van der Waals surface area contributed by atoms with Crippen molar-refractivity contribution in [2.45, 2.75) is 39.0 Å². The zero-order valence-corrected chi connectivity index (χ0v) is 10.5. The molecule has 0 radical (unpaired) electrons. The summed E-state index contributed by atoms with van der Waals surface area (Å²) in [6, 6.07) is 2.65. The normalized spacial score (nSPS) is 11.7. The number of furan rings is 1. The van der Waals surface area contributed by atoms with E-state index in [1.54, 1.807) is 0 Å². The van der Waals surface area contributed by atoms with Crippen molar-refractivity contribution >= 4 is 12.1 Å². The fraction of sp³-hybridized carbons (Fsp3) is 0.583. The molecule has 100 valence electrons. The zero-order chi connectivity index (χ0) is 13.4. The van der Waals surface area contributed by atoms with Gasteiger partial charge < -0.3 is 9.62 Å². The Labute approximate surface area is 106 Å². The molecule has 0 atom stereocenters. The lowest BCUT2D eigenvalue weighted by Crippen LogP contribution is -2.07. The van der Waals surface area contributed by atoms with Crippen molar-refractivity contribution < 1.29 is 14.1 Å². The number of rotatable bonds is 8. The predicted octanol–water partition coefficient (Wildman–Crippen LogP) is 3.09. The maximum atomic E-state index is 11.5. The molecule has 0 fully saturated rings. The molecule has 0 aromatic carbocycles. The molecule has 18 heavy (non-hydrogen) atoms. The van der Waals surface area contributed by atoms with Gasteiger partial charge in [0.15, 0.2) is 12.3 Å². The van der Waals surface area contributed by atoms with Gasteiger partial charge in [0.1, 0.15) is 4.92 Å². The van der Waals surface area contributed by atoms with Gasteiger partial charge in [-0.3, -0.25) is 10.1 Å². The third kappa shape index (κ3) is 4.99. The maximum Gasteiger partial charge on any atom is 0.433 e. The number of hydroxylamine groups is 1. The Morgan fingerprint density at radius 2 is 1.94 bits per heavy atom. The van der Waals surface area contributed by atoms with E-state index in [1.165, 1.54) is 31.2 Å². The SMILES string of the molecule is CCCCCCC/[N+]([O-])=C/c1ccc([N+](=O)[O-])o1. The fourth-order valence-electron chi connectivity index (χ4n) is 1.59. The molecule has 0 bridgehead atoms. The predicted molar refractivity (Wildman–Crippen MR) is 67.8 cm³/mol. The van der Waals surface area contributed by atoms with E-state index in [0.29, 0.717) is 6.54 Å². The number of hydrogen-bond donors (Lipinski definition) is 0. The van der Waals surface area contributed by atoms with E-state index < -0.39 is 4.92 Å². The summed E-state index contributed by atoms with van der Waals surface area (Å²) >= 11 is 0. The standard InChI is InChI=1S/C12H18N2O4/c1-2-3-4-5-6-9-13(15)10-11-7-8-12(18-11)14(16)17/h7-8,10H,2-6,9H2,1H3/b13-10-. The third-order valence-electron chi connectivity index (χ3n) is 2.55. The monoisotopic (exact) mass is 254 g/mol. The quantitative estimate of drug-likeness (QED) is 0.178. The Balaban J connectivity index is 2.37.